The van der Waals surface area contributed by atoms with Crippen LogP contribution >= 0.6 is 0 Å². The number of rotatable bonds is 6. The third-order valence-electron chi connectivity index (χ3n) is 5.10. The fourth-order valence-electron chi connectivity index (χ4n) is 3.62. The van der Waals surface area contributed by atoms with E-state index in [-0.39, 0.29) is 12.7 Å². The highest BCUT2D eigenvalue weighted by Crippen LogP contribution is 2.20. The fourth-order valence-corrected chi connectivity index (χ4v) is 3.62. The molecule has 0 aromatic rings. The Kier molecular flexibility index (Phi) is 4.69. The van der Waals surface area contributed by atoms with Gasteiger partial charge in [-0.3, -0.25) is 9.80 Å². The van der Waals surface area contributed by atoms with Crippen LogP contribution in [0.5, 0.6) is 0 Å². The molecule has 122 valence electrons. The van der Waals surface area contributed by atoms with Crippen LogP contribution in [-0.4, -0.2) is 90.9 Å². The fraction of sp³-hybridized carbons (Fsp3) is 0.688. The molecule has 0 saturated carbocycles. The van der Waals surface area contributed by atoms with Crippen molar-refractivity contribution < 1.29 is 14.0 Å². The first-order valence-corrected chi connectivity index (χ1v) is 8.25. The molecule has 6 heteroatoms. The predicted octanol–water partition coefficient (Wildman–Crippen LogP) is 0.891. The Morgan fingerprint density at radius 3 is 2.64 bits per heavy atom. The van der Waals surface area contributed by atoms with Crippen molar-refractivity contribution >= 4 is 6.09 Å². The minimum atomic E-state index is -0.298. The van der Waals surface area contributed by atoms with E-state index in [1.807, 2.05) is 6.20 Å². The van der Waals surface area contributed by atoms with Crippen molar-refractivity contribution in [3.05, 3.63) is 25.1 Å². The molecule has 4 aliphatic heterocycles. The van der Waals surface area contributed by atoms with Gasteiger partial charge >= 0.3 is 6.09 Å². The number of fused-ring (bicyclic) bond motifs is 3. The molecule has 0 radical (unpaired) electrons. The van der Waals surface area contributed by atoms with E-state index in [0.717, 1.165) is 6.54 Å². The van der Waals surface area contributed by atoms with Crippen LogP contribution in [0.2, 0.25) is 0 Å². The van der Waals surface area contributed by atoms with Crippen LogP contribution in [0.4, 0.5) is 4.79 Å². The molecule has 4 rings (SSSR count). The molecular formula is C16H27N4O2+. The van der Waals surface area contributed by atoms with Crippen LogP contribution in [-0.2, 0) is 4.74 Å². The molecule has 2 bridgehead atoms. The van der Waals surface area contributed by atoms with Gasteiger partial charge in [-0.05, 0) is 0 Å². The molecule has 6 nitrogen and oxygen atoms in total. The highest BCUT2D eigenvalue weighted by molar-refractivity contribution is 5.69. The Hall–Kier alpha value is -1.53. The van der Waals surface area contributed by atoms with Crippen molar-refractivity contribution in [1.29, 1.82) is 0 Å². The second-order valence-electron chi connectivity index (χ2n) is 6.52. The summed E-state index contributed by atoms with van der Waals surface area (Å²) in [6.07, 6.45) is 6.26. The SMILES string of the molecule is C=CCOC(=O)N1C=CN(CCC[N+]23CCN(CC2)CC3)C1. The van der Waals surface area contributed by atoms with Gasteiger partial charge in [0.25, 0.3) is 0 Å². The summed E-state index contributed by atoms with van der Waals surface area (Å²) in [5.74, 6) is 0. The molecule has 3 saturated heterocycles. The van der Waals surface area contributed by atoms with E-state index in [1.54, 1.807) is 17.2 Å². The average molecular weight is 307 g/mol. The number of carbonyl (C=O) groups excluding carboxylic acids is 1. The summed E-state index contributed by atoms with van der Waals surface area (Å²) in [5, 5.41) is 0. The Morgan fingerprint density at radius 1 is 1.23 bits per heavy atom. The summed E-state index contributed by atoms with van der Waals surface area (Å²) in [6.45, 7) is 14.4. The average Bonchev–Trinajstić information content (AvgIpc) is 3.03. The summed E-state index contributed by atoms with van der Waals surface area (Å²) < 4.78 is 6.35. The first-order valence-electron chi connectivity index (χ1n) is 8.25. The predicted molar refractivity (Wildman–Crippen MR) is 84.9 cm³/mol. The highest BCUT2D eigenvalue weighted by Gasteiger charge is 2.37. The third kappa shape index (κ3) is 3.44. The summed E-state index contributed by atoms with van der Waals surface area (Å²) >= 11 is 0. The largest absolute Gasteiger partial charge is 0.445 e. The number of hydrogen-bond donors (Lipinski definition) is 0. The lowest BCUT2D eigenvalue weighted by atomic mass is 10.1. The highest BCUT2D eigenvalue weighted by atomic mass is 16.6. The van der Waals surface area contributed by atoms with E-state index < -0.39 is 0 Å². The van der Waals surface area contributed by atoms with Crippen molar-refractivity contribution in [2.45, 2.75) is 6.42 Å². The van der Waals surface area contributed by atoms with Gasteiger partial charge in [-0.1, -0.05) is 12.7 Å². The van der Waals surface area contributed by atoms with Crippen molar-refractivity contribution in [3.63, 3.8) is 0 Å². The van der Waals surface area contributed by atoms with Gasteiger partial charge in [0.1, 0.15) is 13.3 Å². The number of piperazine rings is 3. The van der Waals surface area contributed by atoms with E-state index >= 15 is 0 Å². The second-order valence-corrected chi connectivity index (χ2v) is 6.52. The minimum absolute atomic E-state index is 0.264. The smallest absolute Gasteiger partial charge is 0.415 e. The number of ether oxygens (including phenoxy) is 1. The normalized spacial score (nSPS) is 29.9. The van der Waals surface area contributed by atoms with Crippen LogP contribution in [0.15, 0.2) is 25.1 Å². The maximum atomic E-state index is 11.7. The summed E-state index contributed by atoms with van der Waals surface area (Å²) in [5.41, 5.74) is 0. The molecule has 0 spiro atoms. The summed E-state index contributed by atoms with van der Waals surface area (Å²) in [7, 11) is 0. The number of amides is 1. The third-order valence-corrected chi connectivity index (χ3v) is 5.10. The monoisotopic (exact) mass is 307 g/mol. The molecule has 0 aromatic heterocycles. The molecule has 0 unspecified atom stereocenters. The van der Waals surface area contributed by atoms with Crippen LogP contribution in [0.1, 0.15) is 6.42 Å². The number of carbonyl (C=O) groups is 1. The quantitative estimate of drug-likeness (QED) is 0.539. The lowest BCUT2D eigenvalue weighted by molar-refractivity contribution is -0.941. The lowest BCUT2D eigenvalue weighted by Crippen LogP contribution is -2.67. The molecule has 0 aliphatic carbocycles. The Bertz CT molecular complexity index is 430. The van der Waals surface area contributed by atoms with Crippen LogP contribution in [0.3, 0.4) is 0 Å². The molecule has 0 aromatic carbocycles. The Morgan fingerprint density at radius 2 is 1.95 bits per heavy atom. The van der Waals surface area contributed by atoms with Crippen molar-refractivity contribution in [3.8, 4) is 0 Å². The Labute approximate surface area is 132 Å². The van der Waals surface area contributed by atoms with E-state index in [4.69, 9.17) is 4.74 Å². The molecule has 3 fully saturated rings. The van der Waals surface area contributed by atoms with Crippen LogP contribution < -0.4 is 0 Å². The first-order chi connectivity index (χ1) is 10.7. The van der Waals surface area contributed by atoms with Gasteiger partial charge in [0.15, 0.2) is 0 Å². The number of quaternary nitrogens is 1. The van der Waals surface area contributed by atoms with Gasteiger partial charge in [0.2, 0.25) is 0 Å². The standard InChI is InChI=1S/C16H27N4O2/c1-2-14-22-16(21)19-6-5-18(15-19)4-3-10-20-11-7-17(8-12-20)9-13-20/h2,5-6H,1,3-4,7-15H2/q+1. The molecule has 0 atom stereocenters. The van der Waals surface area contributed by atoms with Gasteiger partial charge in [0, 0.05) is 45.0 Å². The Balaban J connectivity index is 1.37. The molecule has 22 heavy (non-hydrogen) atoms. The zero-order valence-electron chi connectivity index (χ0n) is 13.3. The molecule has 4 aliphatic rings. The maximum absolute atomic E-state index is 11.7. The zero-order valence-corrected chi connectivity index (χ0v) is 13.3. The summed E-state index contributed by atoms with van der Waals surface area (Å²) in [6, 6.07) is 0. The van der Waals surface area contributed by atoms with Crippen LogP contribution in [0, 0.1) is 0 Å². The molecule has 0 N–H and O–H groups in total. The number of hydrogen-bond acceptors (Lipinski definition) is 4. The van der Waals surface area contributed by atoms with E-state index in [2.05, 4.69) is 16.4 Å². The van der Waals surface area contributed by atoms with E-state index in [1.165, 1.54) is 56.7 Å². The summed E-state index contributed by atoms with van der Waals surface area (Å²) in [4.78, 5) is 18.1. The molecular weight excluding hydrogens is 280 g/mol. The van der Waals surface area contributed by atoms with Crippen molar-refractivity contribution in [1.82, 2.24) is 14.7 Å². The first kappa shape index (κ1) is 15.4. The van der Waals surface area contributed by atoms with Gasteiger partial charge in [0.05, 0.1) is 26.2 Å². The van der Waals surface area contributed by atoms with Gasteiger partial charge < -0.3 is 14.1 Å². The van der Waals surface area contributed by atoms with Gasteiger partial charge in [-0.25, -0.2) is 4.79 Å². The number of nitrogens with zero attached hydrogens (tertiary/aromatic N) is 4. The zero-order chi connectivity index (χ0) is 15.4. The van der Waals surface area contributed by atoms with E-state index in [9.17, 15) is 4.79 Å². The molecule has 4 heterocycles. The molecule has 1 amide bonds. The minimum Gasteiger partial charge on any atom is -0.445 e. The topological polar surface area (TPSA) is 36.0 Å². The van der Waals surface area contributed by atoms with E-state index in [0.29, 0.717) is 6.67 Å². The van der Waals surface area contributed by atoms with Crippen molar-refractivity contribution in [2.24, 2.45) is 0 Å². The van der Waals surface area contributed by atoms with Crippen LogP contribution in [0.25, 0.3) is 0 Å². The lowest BCUT2D eigenvalue weighted by Gasteiger charge is -2.50. The maximum Gasteiger partial charge on any atom is 0.415 e. The van der Waals surface area contributed by atoms with Gasteiger partial charge in [-0.2, -0.15) is 0 Å². The second kappa shape index (κ2) is 6.71. The van der Waals surface area contributed by atoms with Gasteiger partial charge in [-0.15, -0.1) is 0 Å². The van der Waals surface area contributed by atoms with Crippen molar-refractivity contribution in [2.75, 3.05) is 65.6 Å².